The number of rotatable bonds is 6. The van der Waals surface area contributed by atoms with Gasteiger partial charge in [-0.3, -0.25) is 9.69 Å². The Bertz CT molecular complexity index is 968. The number of halogens is 3. The standard InChI is InChI=1S/C21H30F3N7O2/c1-3-20(2,30-10-12-33-13-11-30)14-25-18(32)15-6-8-29(9-7-15)17-5-4-16-26-27-19(21(22,23)24)31(16)28-17/h4-5,15H,3,6-14H2,1-2H3,(H,25,32). The van der Waals surface area contributed by atoms with Gasteiger partial charge in [0.1, 0.15) is 5.82 Å². The van der Waals surface area contributed by atoms with E-state index in [2.05, 4.69) is 39.4 Å². The third-order valence-electron chi connectivity index (χ3n) is 6.87. The smallest absolute Gasteiger partial charge is 0.379 e. The molecule has 33 heavy (non-hydrogen) atoms. The summed E-state index contributed by atoms with van der Waals surface area (Å²) in [5, 5.41) is 14.0. The van der Waals surface area contributed by atoms with Crippen LogP contribution in [0, 0.1) is 5.92 Å². The zero-order valence-corrected chi connectivity index (χ0v) is 18.9. The minimum absolute atomic E-state index is 0.0316. The van der Waals surface area contributed by atoms with Crippen LogP contribution in [0.25, 0.3) is 5.65 Å². The molecule has 1 amide bonds. The van der Waals surface area contributed by atoms with Gasteiger partial charge in [-0.25, -0.2) is 0 Å². The highest BCUT2D eigenvalue weighted by atomic mass is 19.4. The molecule has 2 aromatic rings. The second-order valence-corrected chi connectivity index (χ2v) is 8.91. The molecule has 2 saturated heterocycles. The lowest BCUT2D eigenvalue weighted by Crippen LogP contribution is -2.57. The molecule has 12 heteroatoms. The fourth-order valence-corrected chi connectivity index (χ4v) is 4.48. The maximum Gasteiger partial charge on any atom is 0.453 e. The summed E-state index contributed by atoms with van der Waals surface area (Å²) in [6.07, 6.45) is -2.49. The number of hydrogen-bond acceptors (Lipinski definition) is 7. The number of piperidine rings is 1. The molecule has 2 aliphatic heterocycles. The molecule has 0 radical (unpaired) electrons. The molecule has 4 rings (SSSR count). The van der Waals surface area contributed by atoms with Crippen LogP contribution < -0.4 is 10.2 Å². The minimum Gasteiger partial charge on any atom is -0.379 e. The van der Waals surface area contributed by atoms with Crippen molar-refractivity contribution in [2.24, 2.45) is 5.92 Å². The van der Waals surface area contributed by atoms with Crippen LogP contribution in [0.3, 0.4) is 0 Å². The lowest BCUT2D eigenvalue weighted by molar-refractivity contribution is -0.146. The molecule has 1 N–H and O–H groups in total. The van der Waals surface area contributed by atoms with E-state index in [9.17, 15) is 18.0 Å². The predicted octanol–water partition coefficient (Wildman–Crippen LogP) is 1.98. The summed E-state index contributed by atoms with van der Waals surface area (Å²) in [5.41, 5.74) is -0.0753. The summed E-state index contributed by atoms with van der Waals surface area (Å²) in [6.45, 7) is 9.09. The first-order chi connectivity index (χ1) is 15.7. The average molecular weight is 470 g/mol. The molecule has 2 aromatic heterocycles. The van der Waals surface area contributed by atoms with E-state index in [1.54, 1.807) is 6.07 Å². The number of hydrogen-bond donors (Lipinski definition) is 1. The number of amides is 1. The van der Waals surface area contributed by atoms with Gasteiger partial charge in [0.2, 0.25) is 5.91 Å². The van der Waals surface area contributed by atoms with Crippen LogP contribution in [0.4, 0.5) is 19.0 Å². The molecule has 0 aliphatic carbocycles. The summed E-state index contributed by atoms with van der Waals surface area (Å²) >= 11 is 0. The largest absolute Gasteiger partial charge is 0.453 e. The van der Waals surface area contributed by atoms with Gasteiger partial charge < -0.3 is 15.0 Å². The third-order valence-corrected chi connectivity index (χ3v) is 6.87. The number of fused-ring (bicyclic) bond motifs is 1. The van der Waals surface area contributed by atoms with E-state index in [-0.39, 0.29) is 23.0 Å². The second kappa shape index (κ2) is 9.41. The molecule has 0 saturated carbocycles. The topological polar surface area (TPSA) is 87.9 Å². The van der Waals surface area contributed by atoms with E-state index in [4.69, 9.17) is 4.74 Å². The van der Waals surface area contributed by atoms with Gasteiger partial charge in [0, 0.05) is 44.2 Å². The Morgan fingerprint density at radius 3 is 2.48 bits per heavy atom. The van der Waals surface area contributed by atoms with Crippen LogP contribution in [0.15, 0.2) is 12.1 Å². The van der Waals surface area contributed by atoms with Crippen LogP contribution >= 0.6 is 0 Å². The first-order valence-electron chi connectivity index (χ1n) is 11.4. The zero-order chi connectivity index (χ0) is 23.6. The van der Waals surface area contributed by atoms with Gasteiger partial charge >= 0.3 is 6.18 Å². The molecule has 182 valence electrons. The molecule has 2 fully saturated rings. The van der Waals surface area contributed by atoms with Gasteiger partial charge in [0.15, 0.2) is 5.65 Å². The van der Waals surface area contributed by atoms with Gasteiger partial charge in [-0.2, -0.15) is 17.7 Å². The van der Waals surface area contributed by atoms with Crippen molar-refractivity contribution >= 4 is 17.4 Å². The zero-order valence-electron chi connectivity index (χ0n) is 18.9. The van der Waals surface area contributed by atoms with Crippen molar-refractivity contribution in [2.45, 2.75) is 44.8 Å². The van der Waals surface area contributed by atoms with Gasteiger partial charge in [0.05, 0.1) is 13.2 Å². The number of morpholine rings is 1. The van der Waals surface area contributed by atoms with Crippen LogP contribution in [0.5, 0.6) is 0 Å². The second-order valence-electron chi connectivity index (χ2n) is 8.91. The number of carbonyl (C=O) groups excluding carboxylic acids is 1. The molecule has 0 spiro atoms. The first kappa shape index (κ1) is 23.7. The van der Waals surface area contributed by atoms with E-state index in [1.165, 1.54) is 6.07 Å². The fraction of sp³-hybridized carbons (Fsp3) is 0.714. The highest BCUT2D eigenvalue weighted by Gasteiger charge is 2.38. The Hall–Kier alpha value is -2.47. The fourth-order valence-electron chi connectivity index (χ4n) is 4.48. The molecular weight excluding hydrogens is 439 g/mol. The number of aromatic nitrogens is 4. The Morgan fingerprint density at radius 2 is 1.85 bits per heavy atom. The molecule has 2 aliphatic rings. The van der Waals surface area contributed by atoms with Crippen LogP contribution in [-0.4, -0.2) is 82.1 Å². The van der Waals surface area contributed by atoms with Gasteiger partial charge in [-0.15, -0.1) is 15.3 Å². The molecule has 1 unspecified atom stereocenters. The van der Waals surface area contributed by atoms with Crippen molar-refractivity contribution in [1.29, 1.82) is 0 Å². The SMILES string of the molecule is CCC(C)(CNC(=O)C1CCN(c2ccc3nnc(C(F)(F)F)n3n2)CC1)N1CCOCC1. The van der Waals surface area contributed by atoms with Gasteiger partial charge in [-0.05, 0) is 38.3 Å². The molecule has 0 bridgehead atoms. The van der Waals surface area contributed by atoms with Gasteiger partial charge in [-0.1, -0.05) is 6.92 Å². The highest BCUT2D eigenvalue weighted by molar-refractivity contribution is 5.79. The van der Waals surface area contributed by atoms with E-state index in [0.29, 0.717) is 51.5 Å². The number of anilines is 1. The summed E-state index contributed by atoms with van der Waals surface area (Å²) in [5.74, 6) is -0.828. The minimum atomic E-state index is -4.63. The van der Waals surface area contributed by atoms with E-state index in [0.717, 1.165) is 24.0 Å². The van der Waals surface area contributed by atoms with Crippen molar-refractivity contribution < 1.29 is 22.7 Å². The number of nitrogens with zero attached hydrogens (tertiary/aromatic N) is 6. The summed E-state index contributed by atoms with van der Waals surface area (Å²) in [6, 6.07) is 3.11. The maximum atomic E-state index is 13.1. The first-order valence-corrected chi connectivity index (χ1v) is 11.4. The molecule has 4 heterocycles. The van der Waals surface area contributed by atoms with Crippen molar-refractivity contribution in [1.82, 2.24) is 30.0 Å². The third kappa shape index (κ3) is 5.06. The Kier molecular flexibility index (Phi) is 6.76. The number of nitrogens with one attached hydrogen (secondary N) is 1. The van der Waals surface area contributed by atoms with Crippen molar-refractivity contribution in [3.05, 3.63) is 18.0 Å². The van der Waals surface area contributed by atoms with Crippen LogP contribution in [-0.2, 0) is 15.7 Å². The Morgan fingerprint density at radius 1 is 1.15 bits per heavy atom. The monoisotopic (exact) mass is 469 g/mol. The lowest BCUT2D eigenvalue weighted by atomic mass is 9.93. The molecule has 1 atom stereocenters. The lowest BCUT2D eigenvalue weighted by Gasteiger charge is -2.43. The van der Waals surface area contributed by atoms with Gasteiger partial charge in [0.25, 0.3) is 5.82 Å². The summed E-state index contributed by atoms with van der Waals surface area (Å²) in [7, 11) is 0. The van der Waals surface area contributed by atoms with E-state index in [1.807, 2.05) is 4.90 Å². The summed E-state index contributed by atoms with van der Waals surface area (Å²) in [4.78, 5) is 17.1. The number of alkyl halides is 3. The highest BCUT2D eigenvalue weighted by Crippen LogP contribution is 2.29. The van der Waals surface area contributed by atoms with Crippen LogP contribution in [0.1, 0.15) is 38.9 Å². The normalized spacial score (nSPS) is 20.7. The van der Waals surface area contributed by atoms with E-state index >= 15 is 0 Å². The Labute approximate surface area is 190 Å². The quantitative estimate of drug-likeness (QED) is 0.692. The van der Waals surface area contributed by atoms with Crippen molar-refractivity contribution in [3.63, 3.8) is 0 Å². The average Bonchev–Trinajstić information content (AvgIpc) is 3.27. The Balaban J connectivity index is 1.34. The summed E-state index contributed by atoms with van der Waals surface area (Å²) < 4.78 is 45.6. The number of carbonyl (C=O) groups is 1. The van der Waals surface area contributed by atoms with Crippen molar-refractivity contribution in [2.75, 3.05) is 50.8 Å². The van der Waals surface area contributed by atoms with Crippen LogP contribution in [0.2, 0.25) is 0 Å². The molecular formula is C21H30F3N7O2. The predicted molar refractivity (Wildman–Crippen MR) is 115 cm³/mol. The number of ether oxygens (including phenoxy) is 1. The molecule has 0 aromatic carbocycles. The molecule has 9 nitrogen and oxygen atoms in total. The van der Waals surface area contributed by atoms with Crippen molar-refractivity contribution in [3.8, 4) is 0 Å². The maximum absolute atomic E-state index is 13.1. The van der Waals surface area contributed by atoms with E-state index < -0.39 is 12.0 Å².